The Morgan fingerprint density at radius 2 is 1.69 bits per heavy atom. The van der Waals surface area contributed by atoms with E-state index < -0.39 is 0 Å². The second kappa shape index (κ2) is 8.19. The van der Waals surface area contributed by atoms with Crippen LogP contribution in [-0.4, -0.2) is 11.1 Å². The van der Waals surface area contributed by atoms with E-state index in [4.69, 9.17) is 0 Å². The van der Waals surface area contributed by atoms with Crippen LogP contribution in [0.1, 0.15) is 36.0 Å². The molecule has 0 spiro atoms. The summed E-state index contributed by atoms with van der Waals surface area (Å²) >= 11 is 5.52. The highest BCUT2D eigenvalue weighted by Gasteiger charge is 1.96. The van der Waals surface area contributed by atoms with Crippen LogP contribution in [0.2, 0.25) is 0 Å². The molecular weight excluding hydrogens is 280 g/mol. The molecule has 16 heavy (non-hydrogen) atoms. The third-order valence-electron chi connectivity index (χ3n) is 2.47. The normalized spacial score (nSPS) is 10.7. The molecule has 0 unspecified atom stereocenters. The van der Waals surface area contributed by atoms with Gasteiger partial charge in [0.2, 0.25) is 0 Å². The molecule has 0 saturated heterocycles. The van der Waals surface area contributed by atoms with E-state index in [-0.39, 0.29) is 0 Å². The average Bonchev–Trinajstić information content (AvgIpc) is 2.22. The zero-order valence-corrected chi connectivity index (χ0v) is 12.7. The van der Waals surface area contributed by atoms with Gasteiger partial charge in [-0.15, -0.1) is 0 Å². The maximum Gasteiger partial charge on any atom is 0.0184 e. The lowest BCUT2D eigenvalue weighted by Gasteiger charge is -2.05. The third kappa shape index (κ3) is 5.95. The Hall–Kier alpha value is 0.0500. The number of thioether (sulfide) groups is 1. The van der Waals surface area contributed by atoms with E-state index in [2.05, 4.69) is 59.7 Å². The predicted molar refractivity (Wildman–Crippen MR) is 79.7 cm³/mol. The van der Waals surface area contributed by atoms with Crippen LogP contribution in [0.4, 0.5) is 0 Å². The van der Waals surface area contributed by atoms with Crippen molar-refractivity contribution in [1.82, 2.24) is 0 Å². The van der Waals surface area contributed by atoms with E-state index >= 15 is 0 Å². The highest BCUT2D eigenvalue weighted by atomic mass is 79.9. The first-order chi connectivity index (χ1) is 7.72. The fraction of sp³-hybridized carbons (Fsp3) is 0.571. The number of alkyl halides is 1. The number of unbranched alkanes of at least 4 members (excludes halogenated alkanes) is 2. The maximum atomic E-state index is 3.46. The van der Waals surface area contributed by atoms with Gasteiger partial charge < -0.3 is 0 Å². The van der Waals surface area contributed by atoms with Crippen molar-refractivity contribution in [2.24, 2.45) is 0 Å². The first kappa shape index (κ1) is 14.1. The maximum absolute atomic E-state index is 3.46. The van der Waals surface area contributed by atoms with Gasteiger partial charge in [0, 0.05) is 11.1 Å². The van der Waals surface area contributed by atoms with Gasteiger partial charge >= 0.3 is 0 Å². The van der Waals surface area contributed by atoms with Crippen molar-refractivity contribution in [3.8, 4) is 0 Å². The van der Waals surface area contributed by atoms with Crippen LogP contribution in [0.25, 0.3) is 0 Å². The minimum atomic E-state index is 1.15. The van der Waals surface area contributed by atoms with Gasteiger partial charge in [0.25, 0.3) is 0 Å². The molecule has 0 nitrogen and oxygen atoms in total. The number of hydrogen-bond acceptors (Lipinski definition) is 1. The second-order valence-corrected chi connectivity index (χ2v) is 6.20. The molecule has 0 fully saturated rings. The first-order valence-electron chi connectivity index (χ1n) is 5.93. The molecule has 0 aliphatic carbocycles. The molecule has 0 bridgehead atoms. The van der Waals surface area contributed by atoms with E-state index in [9.17, 15) is 0 Å². The molecule has 0 heterocycles. The van der Waals surface area contributed by atoms with Gasteiger partial charge in [0.05, 0.1) is 0 Å². The summed E-state index contributed by atoms with van der Waals surface area (Å²) in [5, 5.41) is 1.15. The van der Waals surface area contributed by atoms with Gasteiger partial charge in [-0.3, -0.25) is 0 Å². The molecule has 0 aliphatic heterocycles. The van der Waals surface area contributed by atoms with Crippen LogP contribution in [0, 0.1) is 13.8 Å². The first-order valence-corrected chi connectivity index (χ1v) is 8.21. The van der Waals surface area contributed by atoms with Crippen molar-refractivity contribution >= 4 is 27.7 Å². The zero-order valence-electron chi connectivity index (χ0n) is 10.3. The standard InChI is InChI=1S/C14H21BrS/c1-12-8-13(2)10-14(9-12)11-16-7-5-3-4-6-15/h8-10H,3-7,11H2,1-2H3. The highest BCUT2D eigenvalue weighted by molar-refractivity contribution is 9.09. The number of halogens is 1. The molecule has 0 N–H and O–H groups in total. The summed E-state index contributed by atoms with van der Waals surface area (Å²) < 4.78 is 0. The van der Waals surface area contributed by atoms with Gasteiger partial charge in [0.15, 0.2) is 0 Å². The lowest BCUT2D eigenvalue weighted by Crippen LogP contribution is -1.87. The SMILES string of the molecule is Cc1cc(C)cc(CSCCCCCBr)c1. The Labute approximate surface area is 112 Å². The minimum absolute atomic E-state index is 1.15. The van der Waals surface area contributed by atoms with Crippen molar-refractivity contribution in [3.63, 3.8) is 0 Å². The van der Waals surface area contributed by atoms with E-state index in [1.807, 2.05) is 0 Å². The van der Waals surface area contributed by atoms with Crippen LogP contribution in [0.15, 0.2) is 18.2 Å². The molecule has 2 heteroatoms. The summed E-state index contributed by atoms with van der Waals surface area (Å²) in [5.41, 5.74) is 4.24. The predicted octanol–water partition coefficient (Wildman–Crippen LogP) is 5.10. The molecule has 1 aromatic rings. The van der Waals surface area contributed by atoms with Crippen molar-refractivity contribution in [3.05, 3.63) is 34.9 Å². The van der Waals surface area contributed by atoms with E-state index in [0.29, 0.717) is 0 Å². The third-order valence-corrected chi connectivity index (χ3v) is 4.15. The largest absolute Gasteiger partial charge is 0.157 e. The summed E-state index contributed by atoms with van der Waals surface area (Å²) in [6.45, 7) is 4.36. The van der Waals surface area contributed by atoms with Gasteiger partial charge in [0.1, 0.15) is 0 Å². The molecule has 90 valence electrons. The highest BCUT2D eigenvalue weighted by Crippen LogP contribution is 2.17. The van der Waals surface area contributed by atoms with Gasteiger partial charge in [-0.2, -0.15) is 11.8 Å². The van der Waals surface area contributed by atoms with Crippen molar-refractivity contribution in [2.75, 3.05) is 11.1 Å². The van der Waals surface area contributed by atoms with Crippen LogP contribution in [-0.2, 0) is 5.75 Å². The summed E-state index contributed by atoms with van der Waals surface area (Å²) in [7, 11) is 0. The van der Waals surface area contributed by atoms with Crippen LogP contribution in [0.3, 0.4) is 0 Å². The molecule has 0 saturated carbocycles. The summed E-state index contributed by atoms with van der Waals surface area (Å²) in [6.07, 6.45) is 4.01. The van der Waals surface area contributed by atoms with Gasteiger partial charge in [-0.25, -0.2) is 0 Å². The Balaban J connectivity index is 2.21. The molecule has 0 atom stereocenters. The van der Waals surface area contributed by atoms with Crippen LogP contribution >= 0.6 is 27.7 Å². The van der Waals surface area contributed by atoms with Crippen LogP contribution < -0.4 is 0 Å². The quantitative estimate of drug-likeness (QED) is 0.498. The lowest BCUT2D eigenvalue weighted by molar-refractivity contribution is 0.788. The van der Waals surface area contributed by atoms with Crippen molar-refractivity contribution < 1.29 is 0 Å². The molecule has 0 amide bonds. The Morgan fingerprint density at radius 3 is 2.31 bits per heavy atom. The summed E-state index contributed by atoms with van der Waals surface area (Å²) in [6, 6.07) is 6.85. The number of hydrogen-bond donors (Lipinski definition) is 0. The molecular formula is C14H21BrS. The minimum Gasteiger partial charge on any atom is -0.157 e. The average molecular weight is 301 g/mol. The molecule has 1 aromatic carbocycles. The topological polar surface area (TPSA) is 0 Å². The van der Waals surface area contributed by atoms with E-state index in [1.54, 1.807) is 0 Å². The zero-order chi connectivity index (χ0) is 11.8. The fourth-order valence-electron chi connectivity index (χ4n) is 1.82. The summed E-state index contributed by atoms with van der Waals surface area (Å²) in [5.74, 6) is 2.46. The Kier molecular flexibility index (Phi) is 7.22. The second-order valence-electron chi connectivity index (χ2n) is 4.30. The monoisotopic (exact) mass is 300 g/mol. The molecule has 0 aromatic heterocycles. The molecule has 0 radical (unpaired) electrons. The van der Waals surface area contributed by atoms with Crippen LogP contribution in [0.5, 0.6) is 0 Å². The summed E-state index contributed by atoms with van der Waals surface area (Å²) in [4.78, 5) is 0. The van der Waals surface area contributed by atoms with E-state index in [0.717, 1.165) is 11.1 Å². The number of benzene rings is 1. The molecule has 0 aliphatic rings. The smallest absolute Gasteiger partial charge is 0.0184 e. The Bertz CT molecular complexity index is 289. The van der Waals surface area contributed by atoms with E-state index in [1.165, 1.54) is 41.7 Å². The van der Waals surface area contributed by atoms with Gasteiger partial charge in [-0.05, 0) is 38.0 Å². The Morgan fingerprint density at radius 1 is 1.00 bits per heavy atom. The number of aryl methyl sites for hydroxylation is 2. The lowest BCUT2D eigenvalue weighted by atomic mass is 10.1. The molecule has 1 rings (SSSR count). The van der Waals surface area contributed by atoms with Crippen molar-refractivity contribution in [1.29, 1.82) is 0 Å². The number of rotatable bonds is 7. The van der Waals surface area contributed by atoms with Crippen molar-refractivity contribution in [2.45, 2.75) is 38.9 Å². The van der Waals surface area contributed by atoms with Gasteiger partial charge in [-0.1, -0.05) is 51.7 Å². The fourth-order valence-corrected chi connectivity index (χ4v) is 3.17.